The Balaban J connectivity index is 1.67. The summed E-state index contributed by atoms with van der Waals surface area (Å²) in [5.74, 6) is -1.26. The van der Waals surface area contributed by atoms with Crippen LogP contribution >= 0.6 is 0 Å². The molecule has 1 fully saturated rings. The highest BCUT2D eigenvalue weighted by molar-refractivity contribution is 5.97. The first-order valence-electron chi connectivity index (χ1n) is 10.0. The van der Waals surface area contributed by atoms with Gasteiger partial charge in [-0.05, 0) is 56.0 Å². The van der Waals surface area contributed by atoms with E-state index in [2.05, 4.69) is 5.32 Å². The summed E-state index contributed by atoms with van der Waals surface area (Å²) < 4.78 is 5.23. The molecule has 1 aliphatic rings. The number of rotatable bonds is 7. The Morgan fingerprint density at radius 1 is 1.17 bits per heavy atom. The number of nitro benzene ring substituents is 1. The van der Waals surface area contributed by atoms with Crippen LogP contribution in [0.2, 0.25) is 0 Å². The third-order valence-corrected chi connectivity index (χ3v) is 5.14. The summed E-state index contributed by atoms with van der Waals surface area (Å²) in [6.45, 7) is 5.00. The molecule has 1 N–H and O–H groups in total. The summed E-state index contributed by atoms with van der Waals surface area (Å²) in [6, 6.07) is 11.7. The SMILES string of the molecule is CCc1ccc(NC(=O)[C@@H](C)OC(=O)c2ccc(N3CCCC3)c([N+](=O)[O-])c2)cc1. The van der Waals surface area contributed by atoms with Gasteiger partial charge in [0.25, 0.3) is 11.6 Å². The summed E-state index contributed by atoms with van der Waals surface area (Å²) in [6.07, 6.45) is 1.80. The van der Waals surface area contributed by atoms with Crippen molar-refractivity contribution in [1.29, 1.82) is 0 Å². The smallest absolute Gasteiger partial charge is 0.339 e. The predicted octanol–water partition coefficient (Wildman–Crippen LogP) is 3.94. The van der Waals surface area contributed by atoms with Crippen molar-refractivity contribution in [3.63, 3.8) is 0 Å². The predicted molar refractivity (Wildman–Crippen MR) is 114 cm³/mol. The number of anilines is 2. The summed E-state index contributed by atoms with van der Waals surface area (Å²) in [5, 5.41) is 14.2. The van der Waals surface area contributed by atoms with Gasteiger partial charge in [-0.1, -0.05) is 19.1 Å². The van der Waals surface area contributed by atoms with Crippen molar-refractivity contribution in [1.82, 2.24) is 0 Å². The highest BCUT2D eigenvalue weighted by atomic mass is 16.6. The van der Waals surface area contributed by atoms with Crippen LogP contribution in [-0.4, -0.2) is 36.0 Å². The third kappa shape index (κ3) is 4.94. The zero-order valence-electron chi connectivity index (χ0n) is 17.1. The standard InChI is InChI=1S/C22H25N3O5/c1-3-16-6-9-18(10-7-16)23-21(26)15(2)30-22(27)17-8-11-19(20(14-17)25(28)29)24-12-4-5-13-24/h6-11,14-15H,3-5,12-13H2,1-2H3,(H,23,26)/t15-/m1/s1. The van der Waals surface area contributed by atoms with Crippen molar-refractivity contribution < 1.29 is 19.2 Å². The summed E-state index contributed by atoms with van der Waals surface area (Å²) in [7, 11) is 0. The lowest BCUT2D eigenvalue weighted by molar-refractivity contribution is -0.384. The molecule has 1 saturated heterocycles. The van der Waals surface area contributed by atoms with E-state index in [-0.39, 0.29) is 11.3 Å². The fraction of sp³-hybridized carbons (Fsp3) is 0.364. The molecule has 1 atom stereocenters. The Morgan fingerprint density at radius 2 is 1.83 bits per heavy atom. The first kappa shape index (κ1) is 21.3. The summed E-state index contributed by atoms with van der Waals surface area (Å²) >= 11 is 0. The Morgan fingerprint density at radius 3 is 2.43 bits per heavy atom. The van der Waals surface area contributed by atoms with E-state index in [4.69, 9.17) is 4.74 Å². The van der Waals surface area contributed by atoms with E-state index in [1.165, 1.54) is 19.1 Å². The molecule has 30 heavy (non-hydrogen) atoms. The van der Waals surface area contributed by atoms with Crippen LogP contribution in [0, 0.1) is 10.1 Å². The summed E-state index contributed by atoms with van der Waals surface area (Å²) in [5.41, 5.74) is 2.14. The van der Waals surface area contributed by atoms with Gasteiger partial charge < -0.3 is 15.0 Å². The van der Waals surface area contributed by atoms with Gasteiger partial charge in [0.05, 0.1) is 10.5 Å². The molecule has 0 aliphatic carbocycles. The van der Waals surface area contributed by atoms with Gasteiger partial charge in [0.15, 0.2) is 6.10 Å². The van der Waals surface area contributed by atoms with E-state index in [0.29, 0.717) is 11.4 Å². The van der Waals surface area contributed by atoms with Crippen molar-refractivity contribution in [2.45, 2.75) is 39.2 Å². The largest absolute Gasteiger partial charge is 0.449 e. The normalized spacial score (nSPS) is 14.3. The lowest BCUT2D eigenvalue weighted by Gasteiger charge is -2.18. The molecule has 0 spiro atoms. The quantitative estimate of drug-likeness (QED) is 0.421. The average molecular weight is 411 g/mol. The van der Waals surface area contributed by atoms with Crippen LogP contribution in [0.5, 0.6) is 0 Å². The van der Waals surface area contributed by atoms with Gasteiger partial charge in [-0.15, -0.1) is 0 Å². The summed E-state index contributed by atoms with van der Waals surface area (Å²) in [4.78, 5) is 37.7. The zero-order chi connectivity index (χ0) is 21.7. The molecule has 0 bridgehead atoms. The number of benzene rings is 2. The number of hydrogen-bond donors (Lipinski definition) is 1. The zero-order valence-corrected chi connectivity index (χ0v) is 17.1. The van der Waals surface area contributed by atoms with Gasteiger partial charge in [0, 0.05) is 24.8 Å². The molecular weight excluding hydrogens is 386 g/mol. The molecule has 8 nitrogen and oxygen atoms in total. The van der Waals surface area contributed by atoms with Crippen LogP contribution in [0.3, 0.4) is 0 Å². The van der Waals surface area contributed by atoms with E-state index in [1.807, 2.05) is 24.0 Å². The number of ether oxygens (including phenoxy) is 1. The van der Waals surface area contributed by atoms with Crippen LogP contribution in [0.1, 0.15) is 42.6 Å². The molecule has 1 heterocycles. The maximum absolute atomic E-state index is 12.5. The number of amides is 1. The molecule has 1 aliphatic heterocycles. The highest BCUT2D eigenvalue weighted by Gasteiger charge is 2.25. The lowest BCUT2D eigenvalue weighted by atomic mass is 10.1. The van der Waals surface area contributed by atoms with Crippen molar-refractivity contribution in [3.8, 4) is 0 Å². The number of esters is 1. The molecule has 2 aromatic rings. The van der Waals surface area contributed by atoms with Crippen LogP contribution in [0.15, 0.2) is 42.5 Å². The second-order valence-corrected chi connectivity index (χ2v) is 7.24. The second kappa shape index (κ2) is 9.39. The first-order valence-corrected chi connectivity index (χ1v) is 10.0. The molecule has 2 aromatic carbocycles. The first-order chi connectivity index (χ1) is 14.4. The van der Waals surface area contributed by atoms with Gasteiger partial charge in [-0.25, -0.2) is 4.79 Å². The number of nitrogens with zero attached hydrogens (tertiary/aromatic N) is 2. The number of hydrogen-bond acceptors (Lipinski definition) is 6. The molecule has 0 saturated carbocycles. The minimum Gasteiger partial charge on any atom is -0.449 e. The maximum atomic E-state index is 12.5. The highest BCUT2D eigenvalue weighted by Crippen LogP contribution is 2.32. The van der Waals surface area contributed by atoms with Crippen molar-refractivity contribution in [2.75, 3.05) is 23.3 Å². The molecule has 3 rings (SSSR count). The Labute approximate surface area is 175 Å². The van der Waals surface area contributed by atoms with Gasteiger partial charge in [0.2, 0.25) is 0 Å². The van der Waals surface area contributed by atoms with Gasteiger partial charge in [0.1, 0.15) is 5.69 Å². The number of nitro groups is 1. The molecular formula is C22H25N3O5. The van der Waals surface area contributed by atoms with Crippen molar-refractivity contribution >= 4 is 28.9 Å². The Kier molecular flexibility index (Phi) is 6.66. The van der Waals surface area contributed by atoms with Crippen LogP contribution in [0.25, 0.3) is 0 Å². The Bertz CT molecular complexity index is 936. The van der Waals surface area contributed by atoms with Gasteiger partial charge in [-0.3, -0.25) is 14.9 Å². The number of aryl methyl sites for hydroxylation is 1. The number of carbonyl (C=O) groups is 2. The molecule has 1 amide bonds. The van der Waals surface area contributed by atoms with Crippen LogP contribution in [0.4, 0.5) is 17.1 Å². The van der Waals surface area contributed by atoms with E-state index in [1.54, 1.807) is 18.2 Å². The molecule has 0 aromatic heterocycles. The third-order valence-electron chi connectivity index (χ3n) is 5.14. The molecule has 0 radical (unpaired) electrons. The minimum absolute atomic E-state index is 0.0385. The maximum Gasteiger partial charge on any atom is 0.339 e. The molecule has 158 valence electrons. The van der Waals surface area contributed by atoms with Gasteiger partial charge >= 0.3 is 5.97 Å². The molecule has 8 heteroatoms. The Hall–Kier alpha value is -3.42. The van der Waals surface area contributed by atoms with Crippen molar-refractivity contribution in [2.24, 2.45) is 0 Å². The fourth-order valence-electron chi connectivity index (χ4n) is 3.37. The average Bonchev–Trinajstić information content (AvgIpc) is 3.28. The topological polar surface area (TPSA) is 102 Å². The number of carbonyl (C=O) groups excluding carboxylic acids is 2. The van der Waals surface area contributed by atoms with E-state index in [0.717, 1.165) is 37.9 Å². The van der Waals surface area contributed by atoms with Crippen LogP contribution in [-0.2, 0) is 16.0 Å². The van der Waals surface area contributed by atoms with E-state index in [9.17, 15) is 19.7 Å². The van der Waals surface area contributed by atoms with Crippen molar-refractivity contribution in [3.05, 3.63) is 63.7 Å². The van der Waals surface area contributed by atoms with Gasteiger partial charge in [-0.2, -0.15) is 0 Å². The number of nitrogens with one attached hydrogen (secondary N) is 1. The minimum atomic E-state index is -1.05. The lowest BCUT2D eigenvalue weighted by Crippen LogP contribution is -2.30. The fourth-order valence-corrected chi connectivity index (χ4v) is 3.37. The van der Waals surface area contributed by atoms with Crippen LogP contribution < -0.4 is 10.2 Å². The molecule has 0 unspecified atom stereocenters. The second-order valence-electron chi connectivity index (χ2n) is 7.24. The van der Waals surface area contributed by atoms with E-state index < -0.39 is 22.9 Å². The monoisotopic (exact) mass is 411 g/mol. The van der Waals surface area contributed by atoms with E-state index >= 15 is 0 Å².